The Labute approximate surface area is 163 Å². The average Bonchev–Trinajstić information content (AvgIpc) is 3.09. The van der Waals surface area contributed by atoms with Gasteiger partial charge in [0.05, 0.1) is 0 Å². The molecule has 0 saturated heterocycles. The molecule has 0 nitrogen and oxygen atoms in total. The monoisotopic (exact) mass is 478 g/mol. The summed E-state index contributed by atoms with van der Waals surface area (Å²) in [5.74, 6) is 0. The molecule has 0 aliphatic heterocycles. The first kappa shape index (κ1) is 22.6. The number of unbranched alkanes of at least 4 members (excludes halogenated alkanes) is 4. The van der Waals surface area contributed by atoms with Gasteiger partial charge < -0.3 is 0 Å². The Morgan fingerprint density at radius 3 is 1.35 bits per heavy atom. The number of aryl methyl sites for hydroxylation is 4. The van der Waals surface area contributed by atoms with E-state index < -0.39 is 0 Å². The minimum atomic E-state index is 0. The zero-order chi connectivity index (χ0) is 16.2. The van der Waals surface area contributed by atoms with Gasteiger partial charge in [0.25, 0.3) is 0 Å². The summed E-state index contributed by atoms with van der Waals surface area (Å²) in [4.78, 5) is 0. The first-order chi connectivity index (χ1) is 10.7. The molecule has 0 aliphatic carbocycles. The third-order valence-corrected chi connectivity index (χ3v) is 4.08. The quantitative estimate of drug-likeness (QED) is 0.221. The second kappa shape index (κ2) is 14.0. The molecule has 2 rings (SSSR count). The van der Waals surface area contributed by atoms with Crippen LogP contribution in [0.25, 0.3) is 0 Å². The Hall–Kier alpha value is -0.430. The second-order valence-corrected chi connectivity index (χ2v) is 6.51. The van der Waals surface area contributed by atoms with Crippen LogP contribution >= 0.6 is 0 Å². The SMILES string of the molecule is CCCCCc1cc[c-](C)c1.CCCCCc1cc[c-](C)c1.[Hf]. The van der Waals surface area contributed by atoms with Crippen LogP contribution in [-0.2, 0) is 38.7 Å². The van der Waals surface area contributed by atoms with Gasteiger partial charge in [0.2, 0.25) is 0 Å². The van der Waals surface area contributed by atoms with Gasteiger partial charge in [-0.3, -0.25) is 0 Å². The van der Waals surface area contributed by atoms with Crippen molar-refractivity contribution in [2.75, 3.05) is 0 Å². The van der Waals surface area contributed by atoms with Crippen molar-refractivity contribution < 1.29 is 25.8 Å². The summed E-state index contributed by atoms with van der Waals surface area (Å²) < 4.78 is 0. The number of hydrogen-bond donors (Lipinski definition) is 0. The summed E-state index contributed by atoms with van der Waals surface area (Å²) in [5.41, 5.74) is 5.82. The molecule has 0 aliphatic rings. The molecule has 0 fully saturated rings. The van der Waals surface area contributed by atoms with E-state index in [0.717, 1.165) is 0 Å². The van der Waals surface area contributed by atoms with Gasteiger partial charge in [-0.05, 0) is 0 Å². The molecule has 23 heavy (non-hydrogen) atoms. The maximum absolute atomic E-state index is 2.29. The standard InChI is InChI=1S/2C11H17.Hf/c2*1-3-4-5-6-11-8-7-10(2)9-11;/h2*7-9H,3-6H2,1-2H3;/q2*-1;. The van der Waals surface area contributed by atoms with Gasteiger partial charge in [0.1, 0.15) is 0 Å². The molecule has 0 N–H and O–H groups in total. The molecule has 128 valence electrons. The van der Waals surface area contributed by atoms with Gasteiger partial charge >= 0.3 is 0 Å². The predicted molar refractivity (Wildman–Crippen MR) is 100 cm³/mol. The molecular formula is C22H34Hf-2. The fourth-order valence-corrected chi connectivity index (χ4v) is 2.72. The Kier molecular flexibility index (Phi) is 13.7. The molecule has 0 bridgehead atoms. The molecule has 0 aromatic heterocycles. The first-order valence-electron chi connectivity index (χ1n) is 9.10. The van der Waals surface area contributed by atoms with E-state index in [1.54, 1.807) is 0 Å². The summed E-state index contributed by atoms with van der Waals surface area (Å²) in [5, 5.41) is 0. The molecule has 1 heteroatoms. The second-order valence-electron chi connectivity index (χ2n) is 6.51. The van der Waals surface area contributed by atoms with Crippen LogP contribution in [-0.4, -0.2) is 0 Å². The van der Waals surface area contributed by atoms with Crippen LogP contribution in [0.2, 0.25) is 0 Å². The van der Waals surface area contributed by atoms with Crippen molar-refractivity contribution in [1.82, 2.24) is 0 Å². The van der Waals surface area contributed by atoms with Crippen LogP contribution in [0.5, 0.6) is 0 Å². The van der Waals surface area contributed by atoms with Crippen LogP contribution in [0.15, 0.2) is 36.4 Å². The molecule has 0 radical (unpaired) electrons. The molecule has 0 heterocycles. The Morgan fingerprint density at radius 1 is 0.696 bits per heavy atom. The van der Waals surface area contributed by atoms with E-state index in [4.69, 9.17) is 0 Å². The van der Waals surface area contributed by atoms with E-state index in [2.05, 4.69) is 64.1 Å². The summed E-state index contributed by atoms with van der Waals surface area (Å²) in [6.07, 6.45) is 10.6. The Bertz CT molecular complexity index is 443. The third-order valence-electron chi connectivity index (χ3n) is 4.08. The van der Waals surface area contributed by atoms with Gasteiger partial charge in [-0.15, -0.1) is 0 Å². The van der Waals surface area contributed by atoms with Crippen molar-refractivity contribution in [3.8, 4) is 0 Å². The van der Waals surface area contributed by atoms with Crippen molar-refractivity contribution in [2.45, 2.75) is 79.1 Å². The minimum absolute atomic E-state index is 0. The summed E-state index contributed by atoms with van der Waals surface area (Å²) in [7, 11) is 0. The van der Waals surface area contributed by atoms with Gasteiger partial charge in [-0.2, -0.15) is 46.5 Å². The Balaban J connectivity index is 0.000000403. The fourth-order valence-electron chi connectivity index (χ4n) is 2.72. The summed E-state index contributed by atoms with van der Waals surface area (Å²) in [6, 6.07) is 13.4. The molecule has 0 unspecified atom stereocenters. The van der Waals surface area contributed by atoms with E-state index in [0.29, 0.717) is 0 Å². The van der Waals surface area contributed by atoms with E-state index in [1.807, 2.05) is 0 Å². The van der Waals surface area contributed by atoms with Crippen molar-refractivity contribution in [1.29, 1.82) is 0 Å². The largest absolute Gasteiger partial charge is 0.210 e. The van der Waals surface area contributed by atoms with Crippen LogP contribution in [0.3, 0.4) is 0 Å². The maximum atomic E-state index is 2.29. The van der Waals surface area contributed by atoms with Crippen molar-refractivity contribution in [2.24, 2.45) is 0 Å². The molecule has 0 spiro atoms. The first-order valence-corrected chi connectivity index (χ1v) is 9.10. The minimum Gasteiger partial charge on any atom is -0.210 e. The molecular weight excluding hydrogens is 443 g/mol. The van der Waals surface area contributed by atoms with Crippen LogP contribution in [0.4, 0.5) is 0 Å². The zero-order valence-corrected chi connectivity index (χ0v) is 19.2. The van der Waals surface area contributed by atoms with Gasteiger partial charge in [-0.1, -0.05) is 79.1 Å². The third kappa shape index (κ3) is 10.9. The maximum Gasteiger partial charge on any atom is 0 e. The Morgan fingerprint density at radius 2 is 1.09 bits per heavy atom. The summed E-state index contributed by atoms with van der Waals surface area (Å²) in [6.45, 7) is 8.80. The average molecular weight is 477 g/mol. The van der Waals surface area contributed by atoms with E-state index in [1.165, 1.54) is 73.6 Å². The number of hydrogen-bond acceptors (Lipinski definition) is 0. The smallest absolute Gasteiger partial charge is 0 e. The van der Waals surface area contributed by atoms with E-state index >= 15 is 0 Å². The topological polar surface area (TPSA) is 0 Å². The molecule has 2 aromatic rings. The van der Waals surface area contributed by atoms with Crippen molar-refractivity contribution in [3.05, 3.63) is 58.7 Å². The fraction of sp³-hybridized carbons (Fsp3) is 0.545. The van der Waals surface area contributed by atoms with Crippen LogP contribution in [0.1, 0.15) is 74.6 Å². The molecule has 0 amide bonds. The zero-order valence-electron chi connectivity index (χ0n) is 15.6. The molecule has 0 atom stereocenters. The molecule has 0 saturated carbocycles. The van der Waals surface area contributed by atoms with Gasteiger partial charge in [-0.25, -0.2) is 12.1 Å². The van der Waals surface area contributed by atoms with Crippen molar-refractivity contribution in [3.63, 3.8) is 0 Å². The van der Waals surface area contributed by atoms with Crippen molar-refractivity contribution >= 4 is 0 Å². The van der Waals surface area contributed by atoms with Crippen LogP contribution < -0.4 is 0 Å². The molecule has 2 aromatic carbocycles. The van der Waals surface area contributed by atoms with Gasteiger partial charge in [0.15, 0.2) is 0 Å². The van der Waals surface area contributed by atoms with Crippen LogP contribution in [0, 0.1) is 13.8 Å². The van der Waals surface area contributed by atoms with E-state index in [9.17, 15) is 0 Å². The van der Waals surface area contributed by atoms with E-state index in [-0.39, 0.29) is 25.8 Å². The normalized spacial score (nSPS) is 9.91. The number of rotatable bonds is 8. The van der Waals surface area contributed by atoms with Gasteiger partial charge in [0, 0.05) is 25.8 Å². The predicted octanol–water partition coefficient (Wildman–Crippen LogP) is 6.89. The summed E-state index contributed by atoms with van der Waals surface area (Å²) >= 11 is 0.